The Labute approximate surface area is 144 Å². The summed E-state index contributed by atoms with van der Waals surface area (Å²) in [5.74, 6) is 1.18. The summed E-state index contributed by atoms with van der Waals surface area (Å²) in [7, 11) is 0. The van der Waals surface area contributed by atoms with Crippen molar-refractivity contribution in [2.24, 2.45) is 0 Å². The van der Waals surface area contributed by atoms with Crippen molar-refractivity contribution in [1.29, 1.82) is 0 Å². The number of piperidine rings is 1. The molecule has 0 aromatic heterocycles. The first-order valence-electron chi connectivity index (χ1n) is 8.69. The average Bonchev–Trinajstić information content (AvgIpc) is 2.54. The number of carbonyl (C=O) groups excluding carboxylic acids is 2. The average molecular weight is 332 g/mol. The van der Waals surface area contributed by atoms with Crippen LogP contribution in [0.15, 0.2) is 24.3 Å². The van der Waals surface area contributed by atoms with Gasteiger partial charge < -0.3 is 15.0 Å². The number of rotatable bonds is 5. The third kappa shape index (κ3) is 4.98. The van der Waals surface area contributed by atoms with Crippen molar-refractivity contribution >= 4 is 11.8 Å². The molecule has 1 aliphatic rings. The lowest BCUT2D eigenvalue weighted by atomic mass is 10.0. The highest BCUT2D eigenvalue weighted by molar-refractivity contribution is 5.81. The third-order valence-electron chi connectivity index (χ3n) is 4.42. The number of hydrogen-bond acceptors (Lipinski definition) is 3. The van der Waals surface area contributed by atoms with Gasteiger partial charge >= 0.3 is 0 Å². The summed E-state index contributed by atoms with van der Waals surface area (Å²) in [6.45, 7) is 8.92. The highest BCUT2D eigenvalue weighted by Gasteiger charge is 2.27. The van der Waals surface area contributed by atoms with E-state index in [9.17, 15) is 9.59 Å². The summed E-state index contributed by atoms with van der Waals surface area (Å²) in [5, 5.41) is 2.92. The van der Waals surface area contributed by atoms with Crippen LogP contribution >= 0.6 is 0 Å². The Morgan fingerprint density at radius 1 is 1.12 bits per heavy atom. The maximum Gasteiger partial charge on any atom is 0.263 e. The van der Waals surface area contributed by atoms with Crippen LogP contribution in [0, 0.1) is 0 Å². The van der Waals surface area contributed by atoms with E-state index in [4.69, 9.17) is 4.74 Å². The molecular formula is C19H28N2O3. The van der Waals surface area contributed by atoms with E-state index in [0.29, 0.717) is 24.8 Å². The number of likely N-dealkylation sites (tertiary alicyclic amines) is 1. The highest BCUT2D eigenvalue weighted by Crippen LogP contribution is 2.20. The van der Waals surface area contributed by atoms with E-state index < -0.39 is 6.10 Å². The molecule has 0 radical (unpaired) electrons. The minimum Gasteiger partial charge on any atom is -0.481 e. The lowest BCUT2D eigenvalue weighted by Crippen LogP contribution is -2.49. The van der Waals surface area contributed by atoms with Crippen molar-refractivity contribution in [2.75, 3.05) is 13.1 Å². The van der Waals surface area contributed by atoms with E-state index in [1.807, 2.05) is 29.2 Å². The molecule has 1 saturated heterocycles. The lowest BCUT2D eigenvalue weighted by molar-refractivity contribution is -0.139. The summed E-state index contributed by atoms with van der Waals surface area (Å²) in [6.07, 6.45) is 1.08. The van der Waals surface area contributed by atoms with Crippen LogP contribution in [0.2, 0.25) is 0 Å². The molecular weight excluding hydrogens is 304 g/mol. The molecule has 1 heterocycles. The topological polar surface area (TPSA) is 58.6 Å². The van der Waals surface area contributed by atoms with Gasteiger partial charge in [0.2, 0.25) is 5.91 Å². The van der Waals surface area contributed by atoms with E-state index in [-0.39, 0.29) is 17.9 Å². The number of ether oxygens (including phenoxy) is 1. The number of carbonyl (C=O) groups is 2. The number of hydrogen-bond donors (Lipinski definition) is 1. The second-order valence-corrected chi connectivity index (χ2v) is 6.78. The quantitative estimate of drug-likeness (QED) is 0.902. The van der Waals surface area contributed by atoms with Crippen LogP contribution in [0.4, 0.5) is 0 Å². The van der Waals surface area contributed by atoms with Gasteiger partial charge in [0.15, 0.2) is 6.10 Å². The van der Waals surface area contributed by atoms with Crippen LogP contribution < -0.4 is 10.1 Å². The first kappa shape index (κ1) is 18.3. The van der Waals surface area contributed by atoms with E-state index in [0.717, 1.165) is 12.8 Å². The van der Waals surface area contributed by atoms with Crippen molar-refractivity contribution < 1.29 is 14.3 Å². The fourth-order valence-corrected chi connectivity index (χ4v) is 2.97. The van der Waals surface area contributed by atoms with Crippen LogP contribution in [-0.4, -0.2) is 41.9 Å². The number of nitrogens with zero attached hydrogens (tertiary/aromatic N) is 1. The predicted molar refractivity (Wildman–Crippen MR) is 94.0 cm³/mol. The Balaban J connectivity index is 1.85. The molecule has 1 aliphatic heterocycles. The molecule has 24 heavy (non-hydrogen) atoms. The van der Waals surface area contributed by atoms with Crippen molar-refractivity contribution in [3.63, 3.8) is 0 Å². The Bertz CT molecular complexity index is 560. The molecule has 0 bridgehead atoms. The third-order valence-corrected chi connectivity index (χ3v) is 4.42. The molecule has 0 spiro atoms. The van der Waals surface area contributed by atoms with Crippen molar-refractivity contribution in [3.8, 4) is 5.75 Å². The van der Waals surface area contributed by atoms with E-state index >= 15 is 0 Å². The summed E-state index contributed by atoms with van der Waals surface area (Å²) in [5.41, 5.74) is 1.25. The molecule has 0 aliphatic carbocycles. The Morgan fingerprint density at radius 3 is 2.21 bits per heavy atom. The van der Waals surface area contributed by atoms with Crippen LogP contribution in [0.5, 0.6) is 5.75 Å². The van der Waals surface area contributed by atoms with Gasteiger partial charge in [-0.15, -0.1) is 0 Å². The van der Waals surface area contributed by atoms with Gasteiger partial charge in [0.05, 0.1) is 0 Å². The monoisotopic (exact) mass is 332 g/mol. The number of benzene rings is 1. The maximum absolute atomic E-state index is 12.5. The van der Waals surface area contributed by atoms with Gasteiger partial charge in [0.1, 0.15) is 5.75 Å². The summed E-state index contributed by atoms with van der Waals surface area (Å²) in [6, 6.07) is 8.09. The molecule has 0 saturated carbocycles. The molecule has 5 nitrogen and oxygen atoms in total. The minimum absolute atomic E-state index is 0.00390. The van der Waals surface area contributed by atoms with Crippen molar-refractivity contribution in [1.82, 2.24) is 10.2 Å². The predicted octanol–water partition coefficient (Wildman–Crippen LogP) is 2.70. The molecule has 2 rings (SSSR count). The molecule has 1 N–H and O–H groups in total. The van der Waals surface area contributed by atoms with Gasteiger partial charge in [-0.05, 0) is 43.4 Å². The second-order valence-electron chi connectivity index (χ2n) is 6.78. The Hall–Kier alpha value is -2.04. The second kappa shape index (κ2) is 8.18. The van der Waals surface area contributed by atoms with Gasteiger partial charge in [-0.25, -0.2) is 0 Å². The van der Waals surface area contributed by atoms with E-state index in [1.165, 1.54) is 12.5 Å². The zero-order chi connectivity index (χ0) is 17.7. The standard InChI is InChI=1S/C19H28N2O3/c1-13(2)16-5-7-18(8-6-16)24-14(3)19(23)21-11-9-17(10-12-21)20-15(4)22/h5-8,13-14,17H,9-12H2,1-4H3,(H,20,22). The molecule has 1 unspecified atom stereocenters. The molecule has 132 valence electrons. The van der Waals surface area contributed by atoms with E-state index in [1.54, 1.807) is 6.92 Å². The first-order valence-corrected chi connectivity index (χ1v) is 8.69. The van der Waals surface area contributed by atoms with Crippen LogP contribution in [-0.2, 0) is 9.59 Å². The SMILES string of the molecule is CC(=O)NC1CCN(C(=O)C(C)Oc2ccc(C(C)C)cc2)CC1. The zero-order valence-electron chi connectivity index (χ0n) is 15.0. The minimum atomic E-state index is -0.507. The van der Waals surface area contributed by atoms with Gasteiger partial charge in [0.25, 0.3) is 5.91 Å². The van der Waals surface area contributed by atoms with Crippen LogP contribution in [0.3, 0.4) is 0 Å². The molecule has 1 fully saturated rings. The lowest BCUT2D eigenvalue weighted by Gasteiger charge is -2.33. The fraction of sp³-hybridized carbons (Fsp3) is 0.579. The first-order chi connectivity index (χ1) is 11.4. The van der Waals surface area contributed by atoms with Gasteiger partial charge in [-0.3, -0.25) is 9.59 Å². The zero-order valence-corrected chi connectivity index (χ0v) is 15.0. The Kier molecular flexibility index (Phi) is 6.23. The van der Waals surface area contributed by atoms with E-state index in [2.05, 4.69) is 19.2 Å². The van der Waals surface area contributed by atoms with Gasteiger partial charge in [0, 0.05) is 26.1 Å². The number of nitrogens with one attached hydrogen (secondary N) is 1. The normalized spacial score (nSPS) is 16.8. The molecule has 1 atom stereocenters. The highest BCUT2D eigenvalue weighted by atomic mass is 16.5. The smallest absolute Gasteiger partial charge is 0.263 e. The van der Waals surface area contributed by atoms with Crippen molar-refractivity contribution in [2.45, 2.75) is 58.6 Å². The van der Waals surface area contributed by atoms with Crippen LogP contribution in [0.25, 0.3) is 0 Å². The number of amides is 2. The van der Waals surface area contributed by atoms with Gasteiger partial charge in [-0.1, -0.05) is 26.0 Å². The largest absolute Gasteiger partial charge is 0.481 e. The molecule has 1 aromatic carbocycles. The van der Waals surface area contributed by atoms with Crippen molar-refractivity contribution in [3.05, 3.63) is 29.8 Å². The molecule has 5 heteroatoms. The summed E-state index contributed by atoms with van der Waals surface area (Å²) < 4.78 is 5.79. The summed E-state index contributed by atoms with van der Waals surface area (Å²) >= 11 is 0. The van der Waals surface area contributed by atoms with Gasteiger partial charge in [-0.2, -0.15) is 0 Å². The molecule has 2 amide bonds. The summed E-state index contributed by atoms with van der Waals surface area (Å²) in [4.78, 5) is 25.4. The maximum atomic E-state index is 12.5. The van der Waals surface area contributed by atoms with Crippen LogP contribution in [0.1, 0.15) is 52.0 Å². The fourth-order valence-electron chi connectivity index (χ4n) is 2.97. The molecule has 1 aromatic rings. The Morgan fingerprint density at radius 2 is 1.71 bits per heavy atom.